The number of hydrogen-bond donors (Lipinski definition) is 2. The Morgan fingerprint density at radius 3 is 2.33 bits per heavy atom. The van der Waals surface area contributed by atoms with Crippen LogP contribution in [-0.2, 0) is 13.2 Å². The average Bonchev–Trinajstić information content (AvgIpc) is 2.16. The molecule has 1 aromatic carbocycles. The summed E-state index contributed by atoms with van der Waals surface area (Å²) in [5, 5.41) is 26.2. The molecule has 0 unspecified atom stereocenters. The zero-order valence-electron chi connectivity index (χ0n) is 6.49. The molecule has 0 spiro atoms. The molecule has 2 N–H and O–H groups in total. The van der Waals surface area contributed by atoms with Crippen molar-refractivity contribution >= 4 is 0 Å². The van der Waals surface area contributed by atoms with E-state index >= 15 is 0 Å². The van der Waals surface area contributed by atoms with Crippen molar-refractivity contribution in [2.45, 2.75) is 13.2 Å². The summed E-state index contributed by atoms with van der Waals surface area (Å²) in [4.78, 5) is 0. The molecule has 1 aromatic rings. The van der Waals surface area contributed by atoms with Crippen LogP contribution in [0.15, 0.2) is 18.2 Å². The summed E-state index contributed by atoms with van der Waals surface area (Å²) < 4.78 is 0. The second-order valence-corrected chi connectivity index (χ2v) is 2.41. The Balaban J connectivity index is 3.13. The molecule has 1 rings (SSSR count). The van der Waals surface area contributed by atoms with Crippen LogP contribution in [0, 0.1) is 11.3 Å². The topological polar surface area (TPSA) is 64.2 Å². The number of nitrogens with zero attached hydrogens (tertiary/aromatic N) is 1. The zero-order valence-corrected chi connectivity index (χ0v) is 6.49. The van der Waals surface area contributed by atoms with Gasteiger partial charge >= 0.3 is 0 Å². The Hall–Kier alpha value is -1.37. The number of rotatable bonds is 2. The lowest BCUT2D eigenvalue weighted by Crippen LogP contribution is -1.94. The molecule has 3 heteroatoms. The molecule has 0 radical (unpaired) electrons. The average molecular weight is 163 g/mol. The predicted molar refractivity (Wildman–Crippen MR) is 43.0 cm³/mol. The molecule has 0 aliphatic rings. The third-order valence-corrected chi connectivity index (χ3v) is 1.68. The quantitative estimate of drug-likeness (QED) is 0.668. The van der Waals surface area contributed by atoms with E-state index in [1.807, 2.05) is 6.07 Å². The molecule has 3 nitrogen and oxygen atoms in total. The van der Waals surface area contributed by atoms with Crippen molar-refractivity contribution in [3.8, 4) is 6.07 Å². The van der Waals surface area contributed by atoms with Crippen molar-refractivity contribution < 1.29 is 10.2 Å². The number of aliphatic hydroxyl groups excluding tert-OH is 2. The molecule has 12 heavy (non-hydrogen) atoms. The lowest BCUT2D eigenvalue weighted by Gasteiger charge is -2.03. The SMILES string of the molecule is N#Cc1ccc(CO)c(CO)c1. The van der Waals surface area contributed by atoms with Gasteiger partial charge in [0.15, 0.2) is 0 Å². The van der Waals surface area contributed by atoms with Gasteiger partial charge in [0.1, 0.15) is 0 Å². The van der Waals surface area contributed by atoms with Gasteiger partial charge in [0.2, 0.25) is 0 Å². The molecule has 0 fully saturated rings. The van der Waals surface area contributed by atoms with E-state index in [-0.39, 0.29) is 13.2 Å². The molecule has 0 aliphatic carbocycles. The van der Waals surface area contributed by atoms with Gasteiger partial charge in [-0.05, 0) is 23.3 Å². The largest absolute Gasteiger partial charge is 0.392 e. The van der Waals surface area contributed by atoms with E-state index in [0.717, 1.165) is 0 Å². The van der Waals surface area contributed by atoms with Gasteiger partial charge in [-0.3, -0.25) is 0 Å². The summed E-state index contributed by atoms with van der Waals surface area (Å²) in [5.74, 6) is 0. The van der Waals surface area contributed by atoms with Crippen LogP contribution in [0.25, 0.3) is 0 Å². The van der Waals surface area contributed by atoms with E-state index in [1.165, 1.54) is 0 Å². The van der Waals surface area contributed by atoms with E-state index in [0.29, 0.717) is 16.7 Å². The Morgan fingerprint density at radius 2 is 1.83 bits per heavy atom. The molecule has 0 aromatic heterocycles. The molecule has 0 saturated carbocycles. The summed E-state index contributed by atoms with van der Waals surface area (Å²) in [6, 6.07) is 6.79. The second kappa shape index (κ2) is 3.86. The molecule has 0 bridgehead atoms. The molecule has 0 aliphatic heterocycles. The van der Waals surface area contributed by atoms with Crippen LogP contribution in [0.4, 0.5) is 0 Å². The second-order valence-electron chi connectivity index (χ2n) is 2.41. The maximum atomic E-state index is 8.85. The predicted octanol–water partition coefficient (Wildman–Crippen LogP) is 0.543. The first-order valence-corrected chi connectivity index (χ1v) is 3.55. The third kappa shape index (κ3) is 1.62. The van der Waals surface area contributed by atoms with Gasteiger partial charge in [-0.1, -0.05) is 6.07 Å². The summed E-state index contributed by atoms with van der Waals surface area (Å²) >= 11 is 0. The van der Waals surface area contributed by atoms with Crippen LogP contribution in [0.3, 0.4) is 0 Å². The van der Waals surface area contributed by atoms with Crippen LogP contribution in [0.2, 0.25) is 0 Å². The highest BCUT2D eigenvalue weighted by Crippen LogP contribution is 2.11. The standard InChI is InChI=1S/C9H9NO2/c10-4-7-1-2-8(5-11)9(3-7)6-12/h1-3,11-12H,5-6H2. The van der Waals surface area contributed by atoms with Crippen LogP contribution in [0.5, 0.6) is 0 Å². The van der Waals surface area contributed by atoms with E-state index in [4.69, 9.17) is 15.5 Å². The summed E-state index contributed by atoms with van der Waals surface area (Å²) in [5.41, 5.74) is 1.77. The minimum absolute atomic E-state index is 0.110. The first kappa shape index (κ1) is 8.72. The Morgan fingerprint density at radius 1 is 1.17 bits per heavy atom. The fourth-order valence-corrected chi connectivity index (χ4v) is 0.997. The van der Waals surface area contributed by atoms with Crippen LogP contribution in [-0.4, -0.2) is 10.2 Å². The van der Waals surface area contributed by atoms with Crippen molar-refractivity contribution in [3.05, 3.63) is 34.9 Å². The number of aliphatic hydroxyl groups is 2. The number of hydrogen-bond acceptors (Lipinski definition) is 3. The lowest BCUT2D eigenvalue weighted by atomic mass is 10.1. The van der Waals surface area contributed by atoms with Crippen molar-refractivity contribution in [2.24, 2.45) is 0 Å². The van der Waals surface area contributed by atoms with E-state index in [9.17, 15) is 0 Å². The third-order valence-electron chi connectivity index (χ3n) is 1.68. The van der Waals surface area contributed by atoms with Crippen molar-refractivity contribution in [3.63, 3.8) is 0 Å². The van der Waals surface area contributed by atoms with Crippen molar-refractivity contribution in [1.82, 2.24) is 0 Å². The van der Waals surface area contributed by atoms with Gasteiger partial charge in [-0.2, -0.15) is 5.26 Å². The highest BCUT2D eigenvalue weighted by Gasteiger charge is 2.00. The van der Waals surface area contributed by atoms with Crippen molar-refractivity contribution in [1.29, 1.82) is 5.26 Å². The van der Waals surface area contributed by atoms with E-state index in [1.54, 1.807) is 18.2 Å². The summed E-state index contributed by atoms with van der Waals surface area (Å²) in [7, 11) is 0. The van der Waals surface area contributed by atoms with Gasteiger partial charge in [0.25, 0.3) is 0 Å². The van der Waals surface area contributed by atoms with Crippen LogP contribution < -0.4 is 0 Å². The molecule has 0 heterocycles. The van der Waals surface area contributed by atoms with Gasteiger partial charge in [0, 0.05) is 0 Å². The van der Waals surface area contributed by atoms with Crippen LogP contribution >= 0.6 is 0 Å². The Kier molecular flexibility index (Phi) is 2.81. The monoisotopic (exact) mass is 163 g/mol. The first-order valence-electron chi connectivity index (χ1n) is 3.55. The molecule has 62 valence electrons. The smallest absolute Gasteiger partial charge is 0.0991 e. The first-order chi connectivity index (χ1) is 5.81. The maximum absolute atomic E-state index is 8.85. The minimum Gasteiger partial charge on any atom is -0.392 e. The minimum atomic E-state index is -0.147. The highest BCUT2D eigenvalue weighted by molar-refractivity contribution is 5.37. The van der Waals surface area contributed by atoms with Gasteiger partial charge in [-0.15, -0.1) is 0 Å². The van der Waals surface area contributed by atoms with Crippen LogP contribution in [0.1, 0.15) is 16.7 Å². The van der Waals surface area contributed by atoms with E-state index < -0.39 is 0 Å². The molecule has 0 saturated heterocycles. The Labute approximate surface area is 70.5 Å². The highest BCUT2D eigenvalue weighted by atomic mass is 16.3. The van der Waals surface area contributed by atoms with Gasteiger partial charge < -0.3 is 10.2 Å². The van der Waals surface area contributed by atoms with Crippen molar-refractivity contribution in [2.75, 3.05) is 0 Å². The molecular weight excluding hydrogens is 154 g/mol. The lowest BCUT2D eigenvalue weighted by molar-refractivity contribution is 0.260. The van der Waals surface area contributed by atoms with Gasteiger partial charge in [0.05, 0.1) is 24.8 Å². The Bertz CT molecular complexity index is 315. The molecule has 0 amide bonds. The van der Waals surface area contributed by atoms with Gasteiger partial charge in [-0.25, -0.2) is 0 Å². The molecular formula is C9H9NO2. The summed E-state index contributed by atoms with van der Waals surface area (Å²) in [6.45, 7) is -0.257. The number of benzene rings is 1. The zero-order chi connectivity index (χ0) is 8.97. The van der Waals surface area contributed by atoms with E-state index in [2.05, 4.69) is 0 Å². The fourth-order valence-electron chi connectivity index (χ4n) is 0.997. The summed E-state index contributed by atoms with van der Waals surface area (Å²) in [6.07, 6.45) is 0. The fraction of sp³-hybridized carbons (Fsp3) is 0.222. The molecule has 0 atom stereocenters. The normalized spacial score (nSPS) is 9.42. The number of nitriles is 1. The maximum Gasteiger partial charge on any atom is 0.0991 e.